The summed E-state index contributed by atoms with van der Waals surface area (Å²) in [6, 6.07) is 10.1. The first-order chi connectivity index (χ1) is 9.76. The van der Waals surface area contributed by atoms with Gasteiger partial charge in [-0.25, -0.2) is 4.79 Å². The van der Waals surface area contributed by atoms with Crippen LogP contribution >= 0.6 is 0 Å². The highest BCUT2D eigenvalue weighted by Gasteiger charge is 2.07. The van der Waals surface area contributed by atoms with Crippen molar-refractivity contribution in [3.8, 4) is 0 Å². The number of carbonyl (C=O) groups is 1. The van der Waals surface area contributed by atoms with E-state index in [0.717, 1.165) is 6.42 Å². The summed E-state index contributed by atoms with van der Waals surface area (Å²) in [6.07, 6.45) is 3.65. The van der Waals surface area contributed by atoms with Crippen molar-refractivity contribution in [2.24, 2.45) is 0 Å². The molecular weight excluding hydrogens is 258 g/mol. The molecule has 0 aromatic heterocycles. The SMILES string of the molecule is COC(CNC(=O)OCC=CCc1ccccc1)OC. The summed E-state index contributed by atoms with van der Waals surface area (Å²) in [4.78, 5) is 11.3. The molecule has 0 aliphatic heterocycles. The van der Waals surface area contributed by atoms with Crippen LogP contribution in [-0.2, 0) is 20.6 Å². The van der Waals surface area contributed by atoms with Crippen molar-refractivity contribution < 1.29 is 19.0 Å². The Kier molecular flexibility index (Phi) is 8.10. The van der Waals surface area contributed by atoms with E-state index in [9.17, 15) is 4.79 Å². The molecular formula is C15H21NO4. The monoisotopic (exact) mass is 279 g/mol. The van der Waals surface area contributed by atoms with Crippen LogP contribution in [0, 0.1) is 0 Å². The quantitative estimate of drug-likeness (QED) is 0.585. The van der Waals surface area contributed by atoms with Crippen molar-refractivity contribution in [2.45, 2.75) is 12.7 Å². The lowest BCUT2D eigenvalue weighted by atomic mass is 10.1. The van der Waals surface area contributed by atoms with Gasteiger partial charge >= 0.3 is 6.09 Å². The van der Waals surface area contributed by atoms with E-state index in [1.54, 1.807) is 0 Å². The maximum absolute atomic E-state index is 11.3. The summed E-state index contributed by atoms with van der Waals surface area (Å²) < 4.78 is 14.8. The highest BCUT2D eigenvalue weighted by molar-refractivity contribution is 5.67. The molecule has 0 heterocycles. The summed E-state index contributed by atoms with van der Waals surface area (Å²) in [7, 11) is 3.01. The van der Waals surface area contributed by atoms with Gasteiger partial charge in [-0.2, -0.15) is 0 Å². The molecule has 0 aliphatic carbocycles. The van der Waals surface area contributed by atoms with E-state index in [-0.39, 0.29) is 13.2 Å². The van der Waals surface area contributed by atoms with Crippen LogP contribution in [0.15, 0.2) is 42.5 Å². The summed E-state index contributed by atoms with van der Waals surface area (Å²) in [6.45, 7) is 0.489. The Balaban J connectivity index is 2.12. The van der Waals surface area contributed by atoms with Crippen LogP contribution in [0.5, 0.6) is 0 Å². The van der Waals surface area contributed by atoms with Crippen LogP contribution in [0.4, 0.5) is 4.79 Å². The fourth-order valence-corrected chi connectivity index (χ4v) is 1.51. The van der Waals surface area contributed by atoms with Gasteiger partial charge in [0.2, 0.25) is 0 Å². The molecule has 20 heavy (non-hydrogen) atoms. The lowest BCUT2D eigenvalue weighted by Crippen LogP contribution is -2.34. The van der Waals surface area contributed by atoms with Crippen LogP contribution in [-0.4, -0.2) is 39.8 Å². The number of ether oxygens (including phenoxy) is 3. The number of methoxy groups -OCH3 is 2. The number of rotatable bonds is 8. The Bertz CT molecular complexity index is 402. The number of allylic oxidation sites excluding steroid dienone is 1. The Morgan fingerprint density at radius 2 is 1.90 bits per heavy atom. The highest BCUT2D eigenvalue weighted by atomic mass is 16.7. The van der Waals surface area contributed by atoms with Gasteiger partial charge in [-0.3, -0.25) is 0 Å². The van der Waals surface area contributed by atoms with E-state index in [0.29, 0.717) is 0 Å². The minimum Gasteiger partial charge on any atom is -0.445 e. The van der Waals surface area contributed by atoms with E-state index < -0.39 is 12.4 Å². The topological polar surface area (TPSA) is 56.8 Å². The third kappa shape index (κ3) is 6.92. The Labute approximate surface area is 119 Å². The Morgan fingerprint density at radius 3 is 2.55 bits per heavy atom. The van der Waals surface area contributed by atoms with E-state index >= 15 is 0 Å². The molecule has 0 saturated carbocycles. The van der Waals surface area contributed by atoms with E-state index in [1.807, 2.05) is 42.5 Å². The number of nitrogens with one attached hydrogen (secondary N) is 1. The second kappa shape index (κ2) is 10.00. The minimum absolute atomic E-state index is 0.239. The molecule has 5 heteroatoms. The van der Waals surface area contributed by atoms with E-state index in [4.69, 9.17) is 14.2 Å². The average Bonchev–Trinajstić information content (AvgIpc) is 2.49. The van der Waals surface area contributed by atoms with Gasteiger partial charge in [0, 0.05) is 14.2 Å². The zero-order chi connectivity index (χ0) is 14.6. The lowest BCUT2D eigenvalue weighted by molar-refractivity contribution is -0.0979. The first-order valence-corrected chi connectivity index (χ1v) is 6.41. The summed E-state index contributed by atoms with van der Waals surface area (Å²) in [5, 5.41) is 2.55. The van der Waals surface area contributed by atoms with Gasteiger partial charge in [0.1, 0.15) is 6.61 Å². The molecule has 1 aromatic carbocycles. The molecule has 110 valence electrons. The first-order valence-electron chi connectivity index (χ1n) is 6.41. The molecule has 0 atom stereocenters. The number of benzene rings is 1. The maximum Gasteiger partial charge on any atom is 0.407 e. The number of hydrogen-bond acceptors (Lipinski definition) is 4. The van der Waals surface area contributed by atoms with Crippen LogP contribution in [0.3, 0.4) is 0 Å². The molecule has 0 spiro atoms. The second-order valence-corrected chi connectivity index (χ2v) is 4.04. The molecule has 0 bridgehead atoms. The molecule has 0 unspecified atom stereocenters. The van der Waals surface area contributed by atoms with E-state index in [2.05, 4.69) is 5.32 Å². The van der Waals surface area contributed by atoms with Crippen molar-refractivity contribution in [1.82, 2.24) is 5.32 Å². The normalized spacial score (nSPS) is 10.9. The maximum atomic E-state index is 11.3. The largest absolute Gasteiger partial charge is 0.445 e. The Hall–Kier alpha value is -1.85. The minimum atomic E-state index is -0.492. The van der Waals surface area contributed by atoms with Gasteiger partial charge in [-0.05, 0) is 12.0 Å². The third-order valence-corrected chi connectivity index (χ3v) is 2.61. The predicted octanol–water partition coefficient (Wildman–Crippen LogP) is 2.13. The van der Waals surface area contributed by atoms with Crippen molar-refractivity contribution in [1.29, 1.82) is 0 Å². The summed E-state index contributed by atoms with van der Waals surface area (Å²) in [5.74, 6) is 0. The standard InChI is InChI=1S/C15H21NO4/c1-18-14(19-2)12-16-15(17)20-11-7-6-10-13-8-4-3-5-9-13/h3-9,14H,10-12H2,1-2H3,(H,16,17). The third-order valence-electron chi connectivity index (χ3n) is 2.61. The van der Waals surface area contributed by atoms with Gasteiger partial charge in [-0.1, -0.05) is 42.5 Å². The molecule has 0 aliphatic rings. The lowest BCUT2D eigenvalue weighted by Gasteiger charge is -2.13. The Morgan fingerprint density at radius 1 is 1.20 bits per heavy atom. The van der Waals surface area contributed by atoms with E-state index in [1.165, 1.54) is 19.8 Å². The first kappa shape index (κ1) is 16.2. The summed E-state index contributed by atoms with van der Waals surface area (Å²) >= 11 is 0. The fraction of sp³-hybridized carbons (Fsp3) is 0.400. The highest BCUT2D eigenvalue weighted by Crippen LogP contribution is 1.99. The molecule has 0 radical (unpaired) electrons. The van der Waals surface area contributed by atoms with Crippen molar-refractivity contribution in [3.63, 3.8) is 0 Å². The molecule has 0 fully saturated rings. The van der Waals surface area contributed by atoms with Gasteiger partial charge in [0.15, 0.2) is 6.29 Å². The predicted molar refractivity (Wildman–Crippen MR) is 76.4 cm³/mol. The van der Waals surface area contributed by atoms with Crippen molar-refractivity contribution in [3.05, 3.63) is 48.0 Å². The number of hydrogen-bond donors (Lipinski definition) is 1. The number of carbonyl (C=O) groups excluding carboxylic acids is 1. The smallest absolute Gasteiger partial charge is 0.407 e. The van der Waals surface area contributed by atoms with Crippen LogP contribution in [0.2, 0.25) is 0 Å². The number of alkyl carbamates (subject to hydrolysis) is 1. The molecule has 1 aromatic rings. The number of amides is 1. The zero-order valence-corrected chi connectivity index (χ0v) is 11.9. The van der Waals surface area contributed by atoms with Crippen LogP contribution in [0.1, 0.15) is 5.56 Å². The van der Waals surface area contributed by atoms with Gasteiger partial charge in [0.25, 0.3) is 0 Å². The van der Waals surface area contributed by atoms with Crippen molar-refractivity contribution >= 4 is 6.09 Å². The second-order valence-electron chi connectivity index (χ2n) is 4.04. The van der Waals surface area contributed by atoms with Crippen LogP contribution < -0.4 is 5.32 Å². The fourth-order valence-electron chi connectivity index (χ4n) is 1.51. The van der Waals surface area contributed by atoms with Crippen molar-refractivity contribution in [2.75, 3.05) is 27.4 Å². The molecule has 1 amide bonds. The average molecular weight is 279 g/mol. The summed E-state index contributed by atoms with van der Waals surface area (Å²) in [5.41, 5.74) is 1.22. The zero-order valence-electron chi connectivity index (χ0n) is 11.9. The molecule has 0 saturated heterocycles. The van der Waals surface area contributed by atoms with Crippen LogP contribution in [0.25, 0.3) is 0 Å². The molecule has 5 nitrogen and oxygen atoms in total. The van der Waals surface area contributed by atoms with Gasteiger partial charge in [0.05, 0.1) is 6.54 Å². The molecule has 1 rings (SSSR count). The van der Waals surface area contributed by atoms with Gasteiger partial charge in [-0.15, -0.1) is 0 Å². The molecule has 1 N–H and O–H groups in total. The van der Waals surface area contributed by atoms with Gasteiger partial charge < -0.3 is 19.5 Å².